The first kappa shape index (κ1) is 26.2. The number of nitrogens with zero attached hydrogens (tertiary/aromatic N) is 3. The van der Waals surface area contributed by atoms with E-state index in [0.717, 1.165) is 22.3 Å². The van der Waals surface area contributed by atoms with Crippen LogP contribution >= 0.6 is 0 Å². The number of benzene rings is 8. The molecule has 0 atom stereocenters. The van der Waals surface area contributed by atoms with Crippen LogP contribution in [0.15, 0.2) is 164 Å². The van der Waals surface area contributed by atoms with Gasteiger partial charge in [-0.25, -0.2) is 15.0 Å². The van der Waals surface area contributed by atoms with E-state index in [4.69, 9.17) is 15.0 Å². The van der Waals surface area contributed by atoms with Crippen LogP contribution in [0.5, 0.6) is 0 Å². The molecule has 0 aliphatic heterocycles. The fraction of sp³-hybridized carbons (Fsp3) is 0. The minimum Gasteiger partial charge on any atom is -0.208 e. The third-order valence-electron chi connectivity index (χ3n) is 8.91. The zero-order valence-corrected chi connectivity index (χ0v) is 24.9. The second kappa shape index (κ2) is 10.8. The van der Waals surface area contributed by atoms with E-state index in [1.54, 1.807) is 0 Å². The molecular formula is C43H27N3. The molecule has 1 aromatic heterocycles. The van der Waals surface area contributed by atoms with Crippen LogP contribution in [0, 0.1) is 0 Å². The molecule has 0 unspecified atom stereocenters. The minimum atomic E-state index is 0.652. The van der Waals surface area contributed by atoms with Gasteiger partial charge in [-0.15, -0.1) is 0 Å². The Balaban J connectivity index is 1.20. The summed E-state index contributed by atoms with van der Waals surface area (Å²) in [6.07, 6.45) is 0. The largest absolute Gasteiger partial charge is 0.208 e. The summed E-state index contributed by atoms with van der Waals surface area (Å²) in [6.45, 7) is 0. The Labute approximate surface area is 266 Å². The summed E-state index contributed by atoms with van der Waals surface area (Å²) in [5, 5.41) is 10.1. The molecule has 214 valence electrons. The molecule has 0 aliphatic carbocycles. The molecule has 0 radical (unpaired) electrons. The van der Waals surface area contributed by atoms with Gasteiger partial charge in [-0.05, 0) is 60.3 Å². The highest BCUT2D eigenvalue weighted by Crippen LogP contribution is 2.38. The lowest BCUT2D eigenvalue weighted by Gasteiger charge is -2.13. The lowest BCUT2D eigenvalue weighted by Crippen LogP contribution is -2.00. The number of hydrogen-bond donors (Lipinski definition) is 0. The maximum absolute atomic E-state index is 4.97. The second-order valence-corrected chi connectivity index (χ2v) is 11.6. The third kappa shape index (κ3) is 4.41. The first-order valence-corrected chi connectivity index (χ1v) is 15.5. The average molecular weight is 586 g/mol. The van der Waals surface area contributed by atoms with E-state index < -0.39 is 0 Å². The van der Waals surface area contributed by atoms with Crippen molar-refractivity contribution in [3.05, 3.63) is 164 Å². The highest BCUT2D eigenvalue weighted by molar-refractivity contribution is 6.23. The zero-order valence-electron chi connectivity index (χ0n) is 24.9. The van der Waals surface area contributed by atoms with Gasteiger partial charge in [0.25, 0.3) is 0 Å². The molecular weight excluding hydrogens is 558 g/mol. The van der Waals surface area contributed by atoms with Crippen molar-refractivity contribution < 1.29 is 0 Å². The quantitative estimate of drug-likeness (QED) is 0.193. The van der Waals surface area contributed by atoms with Crippen molar-refractivity contribution in [3.8, 4) is 45.3 Å². The fourth-order valence-electron chi connectivity index (χ4n) is 6.69. The molecule has 0 bridgehead atoms. The van der Waals surface area contributed by atoms with Gasteiger partial charge in [-0.2, -0.15) is 0 Å². The molecule has 9 aromatic rings. The lowest BCUT2D eigenvalue weighted by molar-refractivity contribution is 1.07. The van der Waals surface area contributed by atoms with E-state index in [9.17, 15) is 0 Å². The van der Waals surface area contributed by atoms with Crippen LogP contribution in [0.2, 0.25) is 0 Å². The summed E-state index contributed by atoms with van der Waals surface area (Å²) in [7, 11) is 0. The highest BCUT2D eigenvalue weighted by atomic mass is 15.0. The van der Waals surface area contributed by atoms with E-state index in [1.165, 1.54) is 48.7 Å². The molecule has 0 spiro atoms. The molecule has 3 heteroatoms. The van der Waals surface area contributed by atoms with Gasteiger partial charge in [-0.1, -0.05) is 158 Å². The fourth-order valence-corrected chi connectivity index (χ4v) is 6.69. The Hall–Kier alpha value is -6.19. The smallest absolute Gasteiger partial charge is 0.164 e. The molecule has 8 aromatic carbocycles. The number of fused-ring (bicyclic) bond motifs is 7. The predicted octanol–water partition coefficient (Wildman–Crippen LogP) is 11.2. The first-order valence-electron chi connectivity index (χ1n) is 15.5. The van der Waals surface area contributed by atoms with Crippen LogP contribution < -0.4 is 0 Å². The zero-order chi connectivity index (χ0) is 30.5. The SMILES string of the molecule is c1ccc(-c2nc(-c3ccccc3)nc(-c3cccc(-c4cccc5c4ccc4c5ccc5c6ccccc6ccc54)c3)n2)cc1. The Bertz CT molecular complexity index is 2520. The van der Waals surface area contributed by atoms with Crippen molar-refractivity contribution in [2.24, 2.45) is 0 Å². The predicted molar refractivity (Wildman–Crippen MR) is 192 cm³/mol. The summed E-state index contributed by atoms with van der Waals surface area (Å²) in [6, 6.07) is 57.6. The Morgan fingerprint density at radius 2 is 0.696 bits per heavy atom. The van der Waals surface area contributed by atoms with Crippen molar-refractivity contribution in [3.63, 3.8) is 0 Å². The normalized spacial score (nSPS) is 11.5. The summed E-state index contributed by atoms with van der Waals surface area (Å²) in [5.41, 5.74) is 5.17. The van der Waals surface area contributed by atoms with Gasteiger partial charge in [0.15, 0.2) is 17.5 Å². The molecule has 1 heterocycles. The number of aromatic nitrogens is 3. The first-order chi connectivity index (χ1) is 22.8. The minimum absolute atomic E-state index is 0.652. The van der Waals surface area contributed by atoms with Crippen LogP contribution in [0.25, 0.3) is 88.4 Å². The van der Waals surface area contributed by atoms with Gasteiger partial charge in [0, 0.05) is 16.7 Å². The maximum atomic E-state index is 4.97. The van der Waals surface area contributed by atoms with Crippen molar-refractivity contribution in [1.29, 1.82) is 0 Å². The van der Waals surface area contributed by atoms with Crippen molar-refractivity contribution in [2.75, 3.05) is 0 Å². The van der Waals surface area contributed by atoms with Crippen LogP contribution in [0.4, 0.5) is 0 Å². The molecule has 0 fully saturated rings. The summed E-state index contributed by atoms with van der Waals surface area (Å²) < 4.78 is 0. The maximum Gasteiger partial charge on any atom is 0.164 e. The Morgan fingerprint density at radius 1 is 0.261 bits per heavy atom. The monoisotopic (exact) mass is 585 g/mol. The standard InChI is InChI=1S/C43H27N3/c1-3-12-29(13-4-1)41-44-42(30-14-5-2-6-15-30)46-43(45-41)32-17-9-16-31(27-32)34-19-10-20-35-37(34)24-26-40-38-22-21-28-11-7-8-18-33(28)36(38)23-25-39(35)40/h1-27H. The summed E-state index contributed by atoms with van der Waals surface area (Å²) in [5.74, 6) is 1.97. The topological polar surface area (TPSA) is 38.7 Å². The molecule has 3 nitrogen and oxygen atoms in total. The second-order valence-electron chi connectivity index (χ2n) is 11.6. The molecule has 0 amide bonds. The average Bonchev–Trinajstić information content (AvgIpc) is 3.14. The van der Waals surface area contributed by atoms with E-state index in [-0.39, 0.29) is 0 Å². The number of hydrogen-bond acceptors (Lipinski definition) is 3. The lowest BCUT2D eigenvalue weighted by atomic mass is 9.91. The van der Waals surface area contributed by atoms with Crippen molar-refractivity contribution in [2.45, 2.75) is 0 Å². The van der Waals surface area contributed by atoms with E-state index in [0.29, 0.717) is 17.5 Å². The van der Waals surface area contributed by atoms with Crippen LogP contribution in [0.1, 0.15) is 0 Å². The van der Waals surface area contributed by atoms with Crippen LogP contribution in [-0.4, -0.2) is 15.0 Å². The molecule has 0 aliphatic rings. The molecule has 0 saturated carbocycles. The van der Waals surface area contributed by atoms with Gasteiger partial charge in [0.1, 0.15) is 0 Å². The third-order valence-corrected chi connectivity index (χ3v) is 8.91. The van der Waals surface area contributed by atoms with E-state index in [2.05, 4.69) is 103 Å². The molecule has 0 N–H and O–H groups in total. The molecule has 9 rings (SSSR count). The van der Waals surface area contributed by atoms with Gasteiger partial charge < -0.3 is 0 Å². The van der Waals surface area contributed by atoms with E-state index >= 15 is 0 Å². The van der Waals surface area contributed by atoms with Crippen molar-refractivity contribution >= 4 is 43.1 Å². The Morgan fingerprint density at radius 3 is 1.37 bits per heavy atom. The summed E-state index contributed by atoms with van der Waals surface area (Å²) in [4.78, 5) is 14.8. The van der Waals surface area contributed by atoms with Gasteiger partial charge in [0.05, 0.1) is 0 Å². The van der Waals surface area contributed by atoms with E-state index in [1.807, 2.05) is 60.7 Å². The number of rotatable bonds is 4. The van der Waals surface area contributed by atoms with Crippen LogP contribution in [0.3, 0.4) is 0 Å². The Kier molecular flexibility index (Phi) is 6.14. The van der Waals surface area contributed by atoms with Gasteiger partial charge in [0.2, 0.25) is 0 Å². The molecule has 46 heavy (non-hydrogen) atoms. The summed E-state index contributed by atoms with van der Waals surface area (Å²) >= 11 is 0. The van der Waals surface area contributed by atoms with Gasteiger partial charge in [-0.3, -0.25) is 0 Å². The highest BCUT2D eigenvalue weighted by Gasteiger charge is 2.14. The van der Waals surface area contributed by atoms with Crippen LogP contribution in [-0.2, 0) is 0 Å². The van der Waals surface area contributed by atoms with Gasteiger partial charge >= 0.3 is 0 Å². The molecule has 0 saturated heterocycles. The van der Waals surface area contributed by atoms with Crippen molar-refractivity contribution in [1.82, 2.24) is 15.0 Å².